The molecule has 0 bridgehead atoms. The SMILES string of the molecule is COC(=O)C[C@]12CCC3=C1N(CC[C@H]3c1cc(OC)c(OC)cc1N)CC([Se]c1ccccc1)C2. The Morgan fingerprint density at radius 1 is 1.14 bits per heavy atom. The number of hydrogen-bond donors (Lipinski definition) is 1. The number of piperidine rings is 1. The molecule has 0 radical (unpaired) electrons. The van der Waals surface area contributed by atoms with Gasteiger partial charge in [0.25, 0.3) is 0 Å². The first-order valence-corrected chi connectivity index (χ1v) is 14.1. The second-order valence-electron chi connectivity index (χ2n) is 9.79. The van der Waals surface area contributed by atoms with Crippen LogP contribution in [0.5, 0.6) is 11.5 Å². The van der Waals surface area contributed by atoms with Crippen molar-refractivity contribution in [3.8, 4) is 11.5 Å². The van der Waals surface area contributed by atoms with E-state index in [9.17, 15) is 4.79 Å². The molecule has 3 aliphatic rings. The zero-order valence-electron chi connectivity index (χ0n) is 20.7. The Bertz CT molecular complexity index is 1140. The number of ether oxygens (including phenoxy) is 3. The molecule has 1 fully saturated rings. The summed E-state index contributed by atoms with van der Waals surface area (Å²) in [6.07, 6.45) is 4.49. The summed E-state index contributed by atoms with van der Waals surface area (Å²) in [7, 11) is 4.80. The van der Waals surface area contributed by atoms with Crippen molar-refractivity contribution in [3.05, 3.63) is 59.3 Å². The number of nitrogens with zero attached hydrogens (tertiary/aromatic N) is 1. The molecule has 1 aliphatic carbocycles. The zero-order chi connectivity index (χ0) is 24.6. The van der Waals surface area contributed by atoms with Gasteiger partial charge in [0.05, 0.1) is 0 Å². The Kier molecular flexibility index (Phi) is 6.73. The van der Waals surface area contributed by atoms with E-state index in [-0.39, 0.29) is 17.3 Å². The fraction of sp³-hybridized carbons (Fsp3) is 0.464. The first-order valence-electron chi connectivity index (χ1n) is 12.3. The van der Waals surface area contributed by atoms with Crippen LogP contribution in [-0.4, -0.2) is 60.2 Å². The third kappa shape index (κ3) is 4.41. The average Bonchev–Trinajstić information content (AvgIpc) is 3.24. The number of allylic oxidation sites excluding steroid dienone is 2. The number of rotatable bonds is 7. The van der Waals surface area contributed by atoms with Gasteiger partial charge in [0, 0.05) is 0 Å². The molecule has 35 heavy (non-hydrogen) atoms. The molecule has 1 saturated heterocycles. The van der Waals surface area contributed by atoms with Crippen LogP contribution in [0.25, 0.3) is 0 Å². The quantitative estimate of drug-likeness (QED) is 0.326. The Morgan fingerprint density at radius 3 is 2.60 bits per heavy atom. The Morgan fingerprint density at radius 2 is 1.89 bits per heavy atom. The van der Waals surface area contributed by atoms with Gasteiger partial charge in [-0.05, 0) is 0 Å². The molecule has 0 spiro atoms. The van der Waals surface area contributed by atoms with Crippen LogP contribution in [0.1, 0.15) is 43.6 Å². The van der Waals surface area contributed by atoms with Crippen LogP contribution < -0.4 is 19.7 Å². The molecule has 2 aromatic rings. The standard InChI is InChI=1S/C28H34N2O4Se/c1-32-24-13-22(23(29)14-25(24)33-2)20-10-12-30-17-19(35-18-7-5-4-6-8-18)15-28(16-26(31)34-3)11-9-21(20)27(28)30/h4-8,13-14,19-20H,9-12,15-17,29H2,1-3H3/t19?,20-,28-/m1/s1. The molecule has 6 nitrogen and oxygen atoms in total. The number of benzene rings is 2. The third-order valence-electron chi connectivity index (χ3n) is 7.87. The van der Waals surface area contributed by atoms with E-state index >= 15 is 0 Å². The molecule has 2 heterocycles. The first kappa shape index (κ1) is 24.1. The molecule has 5 rings (SSSR count). The summed E-state index contributed by atoms with van der Waals surface area (Å²) in [6, 6.07) is 14.7. The number of methoxy groups -OCH3 is 3. The summed E-state index contributed by atoms with van der Waals surface area (Å²) >= 11 is 0.364. The monoisotopic (exact) mass is 542 g/mol. The van der Waals surface area contributed by atoms with Crippen molar-refractivity contribution in [1.82, 2.24) is 4.90 Å². The van der Waals surface area contributed by atoms with E-state index in [1.165, 1.54) is 22.8 Å². The van der Waals surface area contributed by atoms with Gasteiger partial charge in [-0.15, -0.1) is 0 Å². The summed E-state index contributed by atoms with van der Waals surface area (Å²) in [5, 5.41) is 0. The second-order valence-corrected chi connectivity index (χ2v) is 12.7. The molecule has 3 atom stereocenters. The van der Waals surface area contributed by atoms with Crippen molar-refractivity contribution in [1.29, 1.82) is 0 Å². The fourth-order valence-corrected chi connectivity index (χ4v) is 9.29. The van der Waals surface area contributed by atoms with Crippen LogP contribution in [0.15, 0.2) is 53.7 Å². The number of nitrogen functional groups attached to an aromatic ring is 1. The van der Waals surface area contributed by atoms with Gasteiger partial charge in [-0.1, -0.05) is 0 Å². The minimum atomic E-state index is -0.147. The van der Waals surface area contributed by atoms with E-state index in [2.05, 4.69) is 35.2 Å². The topological polar surface area (TPSA) is 74.0 Å². The van der Waals surface area contributed by atoms with Gasteiger partial charge in [0.2, 0.25) is 0 Å². The van der Waals surface area contributed by atoms with Gasteiger partial charge in [0.1, 0.15) is 0 Å². The van der Waals surface area contributed by atoms with Crippen molar-refractivity contribution in [2.24, 2.45) is 5.41 Å². The summed E-state index contributed by atoms with van der Waals surface area (Å²) in [5.74, 6) is 1.48. The minimum absolute atomic E-state index is 0.112. The third-order valence-corrected chi connectivity index (χ3v) is 10.4. The van der Waals surface area contributed by atoms with Gasteiger partial charge in [-0.3, -0.25) is 0 Å². The number of anilines is 1. The predicted octanol–water partition coefficient (Wildman–Crippen LogP) is 3.89. The van der Waals surface area contributed by atoms with Gasteiger partial charge >= 0.3 is 214 Å². The van der Waals surface area contributed by atoms with Crippen molar-refractivity contribution < 1.29 is 19.0 Å². The molecule has 1 unspecified atom stereocenters. The van der Waals surface area contributed by atoms with E-state index in [1.807, 2.05) is 12.1 Å². The molecule has 2 aromatic carbocycles. The van der Waals surface area contributed by atoms with Crippen LogP contribution in [0.2, 0.25) is 4.82 Å². The van der Waals surface area contributed by atoms with E-state index in [4.69, 9.17) is 19.9 Å². The number of esters is 1. The van der Waals surface area contributed by atoms with Crippen LogP contribution >= 0.6 is 0 Å². The number of nitrogens with two attached hydrogens (primary N) is 1. The summed E-state index contributed by atoms with van der Waals surface area (Å²) in [6.45, 7) is 2.03. The van der Waals surface area contributed by atoms with Crippen LogP contribution in [0.3, 0.4) is 0 Å². The van der Waals surface area contributed by atoms with Crippen LogP contribution in [-0.2, 0) is 9.53 Å². The van der Waals surface area contributed by atoms with Crippen molar-refractivity contribution in [2.75, 3.05) is 40.2 Å². The molecule has 0 aromatic heterocycles. The number of carbonyl (C=O) groups is 1. The van der Waals surface area contributed by atoms with Crippen LogP contribution in [0, 0.1) is 5.41 Å². The van der Waals surface area contributed by atoms with Gasteiger partial charge in [-0.2, -0.15) is 0 Å². The molecule has 7 heteroatoms. The summed E-state index contributed by atoms with van der Waals surface area (Å²) in [5.41, 5.74) is 11.1. The van der Waals surface area contributed by atoms with E-state index in [0.717, 1.165) is 50.0 Å². The van der Waals surface area contributed by atoms with Crippen molar-refractivity contribution in [2.45, 2.75) is 42.8 Å². The maximum atomic E-state index is 12.7. The van der Waals surface area contributed by atoms with Crippen molar-refractivity contribution in [3.63, 3.8) is 0 Å². The van der Waals surface area contributed by atoms with E-state index < -0.39 is 0 Å². The van der Waals surface area contributed by atoms with E-state index in [0.29, 0.717) is 37.7 Å². The zero-order valence-corrected chi connectivity index (χ0v) is 22.4. The normalized spacial score (nSPS) is 25.3. The summed E-state index contributed by atoms with van der Waals surface area (Å²) < 4.78 is 17.7. The molecule has 0 amide bonds. The van der Waals surface area contributed by atoms with Crippen molar-refractivity contribution >= 4 is 31.1 Å². The first-order chi connectivity index (χ1) is 17.0. The number of hydrogen-bond acceptors (Lipinski definition) is 6. The van der Waals surface area contributed by atoms with E-state index in [1.54, 1.807) is 14.2 Å². The molecule has 186 valence electrons. The molecular weight excluding hydrogens is 507 g/mol. The van der Waals surface area contributed by atoms with Gasteiger partial charge in [0.15, 0.2) is 0 Å². The second kappa shape index (κ2) is 9.79. The van der Waals surface area contributed by atoms with Crippen LogP contribution in [0.4, 0.5) is 5.69 Å². The predicted molar refractivity (Wildman–Crippen MR) is 138 cm³/mol. The Balaban J connectivity index is 1.53. The summed E-state index contributed by atoms with van der Waals surface area (Å²) in [4.78, 5) is 15.8. The molecule has 2 aliphatic heterocycles. The van der Waals surface area contributed by atoms with Gasteiger partial charge in [-0.25, -0.2) is 0 Å². The Labute approximate surface area is 214 Å². The number of carbonyl (C=O) groups excluding carboxylic acids is 1. The molecule has 2 N–H and O–H groups in total. The maximum absolute atomic E-state index is 12.7. The molecule has 0 saturated carbocycles. The average molecular weight is 542 g/mol. The Hall–Kier alpha value is -2.63. The fourth-order valence-electron chi connectivity index (χ4n) is 6.45. The van der Waals surface area contributed by atoms with Gasteiger partial charge < -0.3 is 0 Å². The molecular formula is C28H34N2O4Se.